The molecule has 1 aliphatic heterocycles. The molecule has 5 aromatic rings. The summed E-state index contributed by atoms with van der Waals surface area (Å²) in [6.07, 6.45) is -6.63. The first-order valence-corrected chi connectivity index (χ1v) is 15.8. The van der Waals surface area contributed by atoms with Crippen molar-refractivity contribution in [2.24, 2.45) is 0 Å². The average Bonchev–Trinajstić information content (AvgIpc) is 3.74. The van der Waals surface area contributed by atoms with Gasteiger partial charge in [0.25, 0.3) is 5.56 Å². The Kier molecular flexibility index (Phi) is 10.3. The van der Waals surface area contributed by atoms with Crippen molar-refractivity contribution in [3.05, 3.63) is 141 Å². The number of ether oxygens (including phenoxy) is 4. The van der Waals surface area contributed by atoms with Crippen molar-refractivity contribution >= 4 is 5.91 Å². The molecular formula is C35H33F3N6O8. The van der Waals surface area contributed by atoms with Gasteiger partial charge in [0.1, 0.15) is 41.0 Å². The van der Waals surface area contributed by atoms with Gasteiger partial charge in [-0.2, -0.15) is 13.2 Å². The maximum Gasteiger partial charge on any atom is 0.471 e. The number of aromatic amines is 1. The van der Waals surface area contributed by atoms with E-state index in [0.717, 1.165) is 20.9 Å². The van der Waals surface area contributed by atoms with Crippen molar-refractivity contribution in [1.29, 1.82) is 0 Å². The molecule has 3 aromatic carbocycles. The molecule has 1 saturated heterocycles. The topological polar surface area (TPSA) is 172 Å². The number of methoxy groups -OCH3 is 2. The van der Waals surface area contributed by atoms with Crippen molar-refractivity contribution in [2.45, 2.75) is 42.8 Å². The van der Waals surface area contributed by atoms with E-state index in [1.807, 2.05) is 54.6 Å². The smallest absolute Gasteiger partial charge is 0.471 e. The third kappa shape index (κ3) is 7.19. The van der Waals surface area contributed by atoms with Gasteiger partial charge in [-0.25, -0.2) is 9.48 Å². The van der Waals surface area contributed by atoms with E-state index in [0.29, 0.717) is 22.6 Å². The van der Waals surface area contributed by atoms with Gasteiger partial charge in [0.05, 0.1) is 33.6 Å². The number of aliphatic hydroxyl groups excluding tert-OH is 1. The van der Waals surface area contributed by atoms with Crippen LogP contribution in [0.25, 0.3) is 0 Å². The average molecular weight is 723 g/mol. The van der Waals surface area contributed by atoms with E-state index in [2.05, 4.69) is 15.3 Å². The summed E-state index contributed by atoms with van der Waals surface area (Å²) in [6, 6.07) is 23.8. The second-order valence-electron chi connectivity index (χ2n) is 11.7. The zero-order valence-electron chi connectivity index (χ0n) is 27.7. The van der Waals surface area contributed by atoms with Crippen LogP contribution in [0.1, 0.15) is 34.7 Å². The number of benzene rings is 3. The number of amides is 1. The number of hydrogen-bond acceptors (Lipinski definition) is 10. The first-order valence-electron chi connectivity index (χ1n) is 15.8. The number of carbonyl (C=O) groups is 1. The molecule has 3 N–H and O–H groups in total. The lowest BCUT2D eigenvalue weighted by molar-refractivity contribution is -0.173. The van der Waals surface area contributed by atoms with Crippen molar-refractivity contribution in [3.63, 3.8) is 0 Å². The molecule has 3 heterocycles. The Morgan fingerprint density at radius 1 is 0.923 bits per heavy atom. The second-order valence-corrected chi connectivity index (χ2v) is 11.7. The van der Waals surface area contributed by atoms with Crippen LogP contribution in [0, 0.1) is 0 Å². The summed E-state index contributed by atoms with van der Waals surface area (Å²) in [5, 5.41) is 21.4. The van der Waals surface area contributed by atoms with Crippen LogP contribution in [-0.4, -0.2) is 74.8 Å². The Bertz CT molecular complexity index is 2060. The van der Waals surface area contributed by atoms with E-state index in [4.69, 9.17) is 18.9 Å². The molecule has 2 aromatic heterocycles. The van der Waals surface area contributed by atoms with E-state index in [1.54, 1.807) is 43.8 Å². The summed E-state index contributed by atoms with van der Waals surface area (Å²) >= 11 is 0. The first-order chi connectivity index (χ1) is 24.9. The van der Waals surface area contributed by atoms with Crippen LogP contribution < -0.4 is 26.0 Å². The third-order valence-corrected chi connectivity index (χ3v) is 8.65. The highest BCUT2D eigenvalue weighted by atomic mass is 19.4. The van der Waals surface area contributed by atoms with Crippen LogP contribution in [0.15, 0.2) is 107 Å². The largest absolute Gasteiger partial charge is 0.497 e. The van der Waals surface area contributed by atoms with Gasteiger partial charge in [-0.15, -0.1) is 5.10 Å². The van der Waals surface area contributed by atoms with Crippen LogP contribution in [-0.2, 0) is 26.4 Å². The maximum atomic E-state index is 13.0. The number of halogens is 3. The molecule has 4 atom stereocenters. The molecule has 0 spiro atoms. The molecule has 0 radical (unpaired) electrons. The summed E-state index contributed by atoms with van der Waals surface area (Å²) in [5.41, 5.74) is -0.783. The molecule has 14 nitrogen and oxygen atoms in total. The Balaban J connectivity index is 1.39. The predicted molar refractivity (Wildman–Crippen MR) is 176 cm³/mol. The standard InChI is InChI=1S/C35H33F3N6O8/c1-49-25-12-8-22(9-13-25)34(21-6-4-3-5-7-21,23-10-14-26(50-2)15-11-23)51-20-27-30(46)29(31(52-27)43-17-16-28(45)40-33(43)48)44-19-24(41-42-44)18-39-32(47)35(36,37)38/h3-17,19,27,29-31,46H,18,20H2,1-2H3,(H,39,47)(H,40,45,48)/t27-,29?,30?,31-/m0/s1. The fourth-order valence-electron chi connectivity index (χ4n) is 6.10. The van der Waals surface area contributed by atoms with Gasteiger partial charge >= 0.3 is 17.8 Å². The molecule has 1 aliphatic rings. The first kappa shape index (κ1) is 36.0. The number of rotatable bonds is 12. The molecule has 272 valence electrons. The van der Waals surface area contributed by atoms with Gasteiger partial charge in [0, 0.05) is 12.3 Å². The molecule has 2 unspecified atom stereocenters. The van der Waals surface area contributed by atoms with Gasteiger partial charge in [-0.1, -0.05) is 59.8 Å². The lowest BCUT2D eigenvalue weighted by Gasteiger charge is -2.37. The molecule has 1 amide bonds. The second kappa shape index (κ2) is 14.8. The van der Waals surface area contributed by atoms with E-state index in [9.17, 15) is 32.7 Å². The van der Waals surface area contributed by atoms with Crippen LogP contribution in [0.4, 0.5) is 13.2 Å². The SMILES string of the molecule is COc1ccc(C(OC[C@@H]2O[C@H](n3ccc(=O)[nH]c3=O)C(n3cc(CNC(=O)C(F)(F)F)nn3)C2O)(c2ccccc2)c2ccc(OC)cc2)cc1. The zero-order chi connectivity index (χ0) is 37.0. The monoisotopic (exact) mass is 722 g/mol. The Morgan fingerprint density at radius 2 is 1.52 bits per heavy atom. The molecule has 6 rings (SSSR count). The Hall–Kier alpha value is -5.78. The van der Waals surface area contributed by atoms with Gasteiger partial charge in [0.2, 0.25) is 0 Å². The van der Waals surface area contributed by atoms with E-state index in [1.165, 1.54) is 12.4 Å². The number of carbonyl (C=O) groups excluding carboxylic acids is 1. The fourth-order valence-corrected chi connectivity index (χ4v) is 6.10. The molecular weight excluding hydrogens is 689 g/mol. The number of aromatic nitrogens is 5. The lowest BCUT2D eigenvalue weighted by Crippen LogP contribution is -2.39. The van der Waals surface area contributed by atoms with Crippen molar-refractivity contribution in [1.82, 2.24) is 29.9 Å². The van der Waals surface area contributed by atoms with Gasteiger partial charge in [-0.05, 0) is 41.0 Å². The minimum atomic E-state index is -5.11. The summed E-state index contributed by atoms with van der Waals surface area (Å²) in [7, 11) is 3.10. The predicted octanol–water partition coefficient (Wildman–Crippen LogP) is 2.83. The number of nitrogens with zero attached hydrogens (tertiary/aromatic N) is 4. The number of alkyl halides is 3. The van der Waals surface area contributed by atoms with E-state index >= 15 is 0 Å². The maximum absolute atomic E-state index is 13.0. The van der Waals surface area contributed by atoms with Gasteiger partial charge in [-0.3, -0.25) is 19.1 Å². The number of H-pyrrole nitrogens is 1. The van der Waals surface area contributed by atoms with Crippen LogP contribution in [0.3, 0.4) is 0 Å². The summed E-state index contributed by atoms with van der Waals surface area (Å²) in [5.74, 6) is -0.953. The summed E-state index contributed by atoms with van der Waals surface area (Å²) < 4.78 is 64.5. The normalized spacial score (nSPS) is 19.0. The van der Waals surface area contributed by atoms with E-state index < -0.39 is 60.0 Å². The highest BCUT2D eigenvalue weighted by molar-refractivity contribution is 5.81. The van der Waals surface area contributed by atoms with Crippen LogP contribution in [0.5, 0.6) is 11.5 Å². The van der Waals surface area contributed by atoms with Crippen LogP contribution in [0.2, 0.25) is 0 Å². The summed E-state index contributed by atoms with van der Waals surface area (Å²) in [4.78, 5) is 38.4. The van der Waals surface area contributed by atoms with E-state index in [-0.39, 0.29) is 12.3 Å². The Labute approximate surface area is 293 Å². The number of nitrogens with one attached hydrogen (secondary N) is 2. The summed E-state index contributed by atoms with van der Waals surface area (Å²) in [6.45, 7) is -0.899. The van der Waals surface area contributed by atoms with Gasteiger partial charge in [0.15, 0.2) is 6.23 Å². The third-order valence-electron chi connectivity index (χ3n) is 8.65. The molecule has 17 heteroatoms. The highest BCUT2D eigenvalue weighted by Gasteiger charge is 2.49. The highest BCUT2D eigenvalue weighted by Crippen LogP contribution is 2.44. The van der Waals surface area contributed by atoms with Crippen molar-refractivity contribution in [2.75, 3.05) is 20.8 Å². The number of hydrogen-bond donors (Lipinski definition) is 3. The molecule has 0 saturated carbocycles. The minimum Gasteiger partial charge on any atom is -0.497 e. The van der Waals surface area contributed by atoms with Crippen LogP contribution >= 0.6 is 0 Å². The minimum absolute atomic E-state index is 0.0702. The molecule has 0 aliphatic carbocycles. The molecule has 52 heavy (non-hydrogen) atoms. The molecule has 1 fully saturated rings. The molecule has 0 bridgehead atoms. The van der Waals surface area contributed by atoms with Crippen molar-refractivity contribution in [3.8, 4) is 11.5 Å². The lowest BCUT2D eigenvalue weighted by atomic mass is 9.80. The van der Waals surface area contributed by atoms with Gasteiger partial charge < -0.3 is 29.4 Å². The fraction of sp³-hybridized carbons (Fsp3) is 0.286. The number of aliphatic hydroxyl groups is 1. The van der Waals surface area contributed by atoms with Crippen molar-refractivity contribution < 1.29 is 42.0 Å². The Morgan fingerprint density at radius 3 is 2.08 bits per heavy atom. The quantitative estimate of drug-likeness (QED) is 0.163. The zero-order valence-corrected chi connectivity index (χ0v) is 27.7.